The number of anilines is 3. The zero-order valence-corrected chi connectivity index (χ0v) is 24.6. The normalized spacial score (nSPS) is 14.2. The number of nitrogens with zero attached hydrogens (tertiary/aromatic N) is 5. The summed E-state index contributed by atoms with van der Waals surface area (Å²) in [5, 5.41) is 10.6. The van der Waals surface area contributed by atoms with E-state index in [1.807, 2.05) is 25.1 Å². The monoisotopic (exact) mass is 623 g/mol. The molecule has 4 aromatic rings. The van der Waals surface area contributed by atoms with Crippen LogP contribution in [0.25, 0.3) is 5.69 Å². The van der Waals surface area contributed by atoms with Crippen LogP contribution in [-0.4, -0.2) is 44.0 Å². The molecule has 0 atom stereocenters. The highest BCUT2D eigenvalue weighted by Crippen LogP contribution is 2.31. The van der Waals surface area contributed by atoms with Crippen molar-refractivity contribution in [3.8, 4) is 11.4 Å². The van der Waals surface area contributed by atoms with Gasteiger partial charge in [0.15, 0.2) is 11.0 Å². The first-order valence-corrected chi connectivity index (χ1v) is 14.6. The molecule has 3 amide bonds. The predicted molar refractivity (Wildman–Crippen MR) is 163 cm³/mol. The number of ether oxygens (including phenoxy) is 1. The number of thioether (sulfide) groups is 1. The summed E-state index contributed by atoms with van der Waals surface area (Å²) in [5.74, 6) is 0.223. The van der Waals surface area contributed by atoms with Crippen molar-refractivity contribution in [1.29, 1.82) is 0 Å². The van der Waals surface area contributed by atoms with E-state index >= 15 is 0 Å². The van der Waals surface area contributed by atoms with Gasteiger partial charge in [-0.2, -0.15) is 4.99 Å². The van der Waals surface area contributed by atoms with Crippen LogP contribution >= 0.6 is 11.8 Å². The molecule has 1 aromatic heterocycles. The van der Waals surface area contributed by atoms with Gasteiger partial charge in [-0.25, -0.2) is 14.5 Å². The number of aliphatic imine (C=N–C) groups is 1. The van der Waals surface area contributed by atoms with Crippen LogP contribution in [0.1, 0.15) is 30.3 Å². The first-order chi connectivity index (χ1) is 21.1. The van der Waals surface area contributed by atoms with Crippen molar-refractivity contribution >= 4 is 45.9 Å². The number of amides is 3. The van der Waals surface area contributed by atoms with Gasteiger partial charge in [-0.15, -0.1) is 18.3 Å². The summed E-state index contributed by atoms with van der Waals surface area (Å²) in [4.78, 5) is 35.5. The number of carbonyl (C=O) groups is 2. The van der Waals surface area contributed by atoms with E-state index in [0.29, 0.717) is 22.4 Å². The number of urea groups is 1. The molecule has 5 rings (SSSR count). The third kappa shape index (κ3) is 7.75. The molecular weight excluding hydrogens is 595 g/mol. The van der Waals surface area contributed by atoms with E-state index in [2.05, 4.69) is 37.4 Å². The number of benzene rings is 3. The first-order valence-electron chi connectivity index (χ1n) is 13.6. The Morgan fingerprint density at radius 3 is 2.50 bits per heavy atom. The van der Waals surface area contributed by atoms with Crippen LogP contribution in [-0.2, 0) is 17.8 Å². The highest BCUT2D eigenvalue weighted by molar-refractivity contribution is 8.15. The second-order valence-corrected chi connectivity index (χ2v) is 10.7. The standard InChI is InChI=1S/C30H28F3N7O3S/c1-3-4-20-6-5-19(2)15-25(20)40-27(41)17-44-29(40)37-28(42)36-22-9-7-21(8-10-22)34-16-26-35-18-39(38-26)23-11-13-24(14-12-23)43-30(31,32)33/h5-15,18,34H,3-4,16-17H2,1-2H3,(H,36,42). The lowest BCUT2D eigenvalue weighted by molar-refractivity contribution is -0.274. The Kier molecular flexibility index (Phi) is 9.18. The summed E-state index contributed by atoms with van der Waals surface area (Å²) in [6.07, 6.45) is -1.58. The van der Waals surface area contributed by atoms with E-state index in [4.69, 9.17) is 0 Å². The van der Waals surface area contributed by atoms with E-state index in [9.17, 15) is 22.8 Å². The molecule has 1 saturated heterocycles. The minimum atomic E-state index is -4.76. The van der Waals surface area contributed by atoms with Crippen molar-refractivity contribution in [2.75, 3.05) is 21.3 Å². The molecule has 2 N–H and O–H groups in total. The number of alkyl halides is 3. The van der Waals surface area contributed by atoms with Gasteiger partial charge in [0.1, 0.15) is 12.1 Å². The molecule has 1 aliphatic rings. The van der Waals surface area contributed by atoms with Crippen molar-refractivity contribution in [3.05, 3.63) is 90.0 Å². The van der Waals surface area contributed by atoms with E-state index in [1.165, 1.54) is 51.9 Å². The van der Waals surface area contributed by atoms with Gasteiger partial charge in [0.2, 0.25) is 5.91 Å². The molecule has 1 fully saturated rings. The summed E-state index contributed by atoms with van der Waals surface area (Å²) in [6, 6.07) is 17.6. The fourth-order valence-electron chi connectivity index (χ4n) is 4.44. The fourth-order valence-corrected chi connectivity index (χ4v) is 5.30. The molecule has 1 aliphatic heterocycles. The Balaban J connectivity index is 1.17. The molecule has 0 bridgehead atoms. The van der Waals surface area contributed by atoms with Gasteiger partial charge >= 0.3 is 12.4 Å². The molecule has 44 heavy (non-hydrogen) atoms. The minimum absolute atomic E-state index is 0.118. The summed E-state index contributed by atoms with van der Waals surface area (Å²) < 4.78 is 42.4. The van der Waals surface area contributed by atoms with E-state index in [-0.39, 0.29) is 24.0 Å². The number of aryl methyl sites for hydroxylation is 2. The third-order valence-corrected chi connectivity index (χ3v) is 7.35. The lowest BCUT2D eigenvalue weighted by atomic mass is 10.0. The molecular formula is C30H28F3N7O3S. The highest BCUT2D eigenvalue weighted by atomic mass is 32.2. The van der Waals surface area contributed by atoms with Crippen LogP contribution < -0.4 is 20.3 Å². The zero-order chi connectivity index (χ0) is 31.3. The number of aromatic nitrogens is 3. The predicted octanol–water partition coefficient (Wildman–Crippen LogP) is 6.71. The molecule has 0 saturated carbocycles. The van der Waals surface area contributed by atoms with Crippen LogP contribution in [0, 0.1) is 6.92 Å². The fraction of sp³-hybridized carbons (Fsp3) is 0.233. The van der Waals surface area contributed by atoms with E-state index in [1.54, 1.807) is 24.3 Å². The molecule has 10 nitrogen and oxygen atoms in total. The van der Waals surface area contributed by atoms with Gasteiger partial charge < -0.3 is 15.4 Å². The molecule has 2 heterocycles. The zero-order valence-electron chi connectivity index (χ0n) is 23.8. The summed E-state index contributed by atoms with van der Waals surface area (Å²) in [6.45, 7) is 4.31. The number of amidine groups is 1. The van der Waals surface area contributed by atoms with Crippen molar-refractivity contribution in [2.45, 2.75) is 39.6 Å². The maximum Gasteiger partial charge on any atom is 0.573 e. The topological polar surface area (TPSA) is 114 Å². The van der Waals surface area contributed by atoms with Gasteiger partial charge in [0, 0.05) is 11.4 Å². The van der Waals surface area contributed by atoms with Gasteiger partial charge in [-0.1, -0.05) is 37.2 Å². The molecule has 14 heteroatoms. The molecule has 0 aliphatic carbocycles. The Morgan fingerprint density at radius 2 is 1.80 bits per heavy atom. The lowest BCUT2D eigenvalue weighted by Gasteiger charge is -2.20. The average Bonchev–Trinajstić information content (AvgIpc) is 3.60. The number of rotatable bonds is 9. The van der Waals surface area contributed by atoms with Crippen molar-refractivity contribution in [1.82, 2.24) is 14.8 Å². The SMILES string of the molecule is CCCc1ccc(C)cc1N1C(=O)CSC1=NC(=O)Nc1ccc(NCc2ncn(-c3ccc(OC(F)(F)F)cc3)n2)cc1. The average molecular weight is 624 g/mol. The van der Waals surface area contributed by atoms with Crippen LogP contribution in [0.5, 0.6) is 5.75 Å². The molecule has 0 unspecified atom stereocenters. The van der Waals surface area contributed by atoms with Crippen molar-refractivity contribution < 1.29 is 27.5 Å². The second kappa shape index (κ2) is 13.2. The number of nitrogens with one attached hydrogen (secondary N) is 2. The lowest BCUT2D eigenvalue weighted by Crippen LogP contribution is -2.31. The van der Waals surface area contributed by atoms with Gasteiger partial charge in [0.25, 0.3) is 0 Å². The number of hydrogen-bond acceptors (Lipinski definition) is 7. The summed E-state index contributed by atoms with van der Waals surface area (Å²) >= 11 is 1.23. The van der Waals surface area contributed by atoms with Crippen molar-refractivity contribution in [3.63, 3.8) is 0 Å². The summed E-state index contributed by atoms with van der Waals surface area (Å²) in [5.41, 5.74) is 4.58. The van der Waals surface area contributed by atoms with Crippen LogP contribution in [0.3, 0.4) is 0 Å². The minimum Gasteiger partial charge on any atom is -0.406 e. The third-order valence-electron chi connectivity index (χ3n) is 6.42. The quantitative estimate of drug-likeness (QED) is 0.213. The smallest absolute Gasteiger partial charge is 0.406 e. The van der Waals surface area contributed by atoms with Crippen LogP contribution in [0.15, 0.2) is 78.0 Å². The van der Waals surface area contributed by atoms with Gasteiger partial charge in [0.05, 0.1) is 23.7 Å². The summed E-state index contributed by atoms with van der Waals surface area (Å²) in [7, 11) is 0. The molecule has 3 aromatic carbocycles. The first kappa shape index (κ1) is 30.6. The largest absolute Gasteiger partial charge is 0.573 e. The molecule has 0 spiro atoms. The molecule has 0 radical (unpaired) electrons. The Hall–Kier alpha value is -4.85. The van der Waals surface area contributed by atoms with E-state index in [0.717, 1.165) is 35.3 Å². The Morgan fingerprint density at radius 1 is 1.07 bits per heavy atom. The second-order valence-electron chi connectivity index (χ2n) is 9.80. The maximum atomic E-state index is 12.8. The number of halogens is 3. The maximum absolute atomic E-state index is 12.8. The van der Waals surface area contributed by atoms with Gasteiger partial charge in [-0.3, -0.25) is 9.69 Å². The Labute approximate surface area is 255 Å². The highest BCUT2D eigenvalue weighted by Gasteiger charge is 2.32. The number of carbonyl (C=O) groups excluding carboxylic acids is 2. The van der Waals surface area contributed by atoms with E-state index < -0.39 is 12.4 Å². The van der Waals surface area contributed by atoms with Crippen LogP contribution in [0.4, 0.5) is 35.0 Å². The number of hydrogen-bond donors (Lipinski definition) is 2. The Bertz CT molecular complexity index is 1670. The molecule has 228 valence electrons. The van der Waals surface area contributed by atoms with Crippen LogP contribution in [0.2, 0.25) is 0 Å². The van der Waals surface area contributed by atoms with Gasteiger partial charge in [-0.05, 0) is 79.1 Å². The van der Waals surface area contributed by atoms with Crippen molar-refractivity contribution in [2.24, 2.45) is 4.99 Å².